The molecule has 0 aromatic carbocycles. The predicted molar refractivity (Wildman–Crippen MR) is 40.0 cm³/mol. The zero-order chi connectivity index (χ0) is 12.0. The van der Waals surface area contributed by atoms with Crippen LogP contribution < -0.4 is 0 Å². The maximum Gasteiger partial charge on any atom is 0.0462 e. The Balaban J connectivity index is -0.00000000396. The zero-order valence-corrected chi connectivity index (χ0v) is 12.8. The number of nitrogens with zero attached hydrogens (tertiary/aromatic N) is 6. The van der Waals surface area contributed by atoms with Gasteiger partial charge in [-0.15, -0.1) is 0 Å². The molecule has 0 bridgehead atoms. The van der Waals surface area contributed by atoms with E-state index in [4.69, 9.17) is 31.6 Å². The Labute approximate surface area is 145 Å². The average molecular weight is 413 g/mol. The van der Waals surface area contributed by atoms with Crippen LogP contribution in [0, 0.1) is 113 Å². The van der Waals surface area contributed by atoms with Gasteiger partial charge in [0.15, 0.2) is 0 Å². The summed E-state index contributed by atoms with van der Waals surface area (Å²) in [6, 6.07) is 0. The molecule has 6 nitrogen and oxygen atoms in total. The van der Waals surface area contributed by atoms with Crippen molar-refractivity contribution in [1.82, 2.24) is 0 Å². The zero-order valence-electron chi connectivity index (χ0n) is 7.38. The Morgan fingerprint density at radius 2 is 0.400 bits per heavy atom. The molecule has 0 heterocycles. The van der Waals surface area contributed by atoms with E-state index in [0.29, 0.717) is 0 Å². The molecule has 0 aliphatic heterocycles. The van der Waals surface area contributed by atoms with E-state index in [1.54, 1.807) is 0 Å². The Morgan fingerprint density at radius 3 is 0.400 bits per heavy atom. The molecule has 0 spiro atoms. The minimum atomic E-state index is 0. The number of nitriles is 6. The van der Waals surface area contributed by atoms with Gasteiger partial charge in [0.25, 0.3) is 0 Å². The average Bonchev–Trinajstić information content (AvgIpc) is 2.33. The Kier molecular flexibility index (Phi) is 29200. The number of rotatable bonds is 0. The summed E-state index contributed by atoms with van der Waals surface area (Å²) in [6.45, 7) is 21.0. The van der Waals surface area contributed by atoms with Crippen LogP contribution in [0.15, 0.2) is 0 Å². The van der Waals surface area contributed by atoms with E-state index >= 15 is 0 Å². The fourth-order valence-corrected chi connectivity index (χ4v) is 0. The molecule has 0 atom stereocenters. The first kappa shape index (κ1) is 89.3. The molecular formula is C6H6CeFeMnN6. The molecule has 0 unspecified atom stereocenters. The van der Waals surface area contributed by atoms with Gasteiger partial charge in [-0.25, -0.2) is 31.6 Å². The summed E-state index contributed by atoms with van der Waals surface area (Å²) >= 11 is 0. The van der Waals surface area contributed by atoms with Crippen molar-refractivity contribution in [3.8, 4) is 39.4 Å². The fraction of sp³-hybridized carbons (Fsp3) is 0. The third-order valence-corrected chi connectivity index (χ3v) is 0. The second-order valence-electron chi connectivity index (χ2n) is 0. The van der Waals surface area contributed by atoms with Crippen LogP contribution in [-0.4, -0.2) is 0 Å². The summed E-state index contributed by atoms with van der Waals surface area (Å²) in [6.07, 6.45) is 0. The van der Waals surface area contributed by atoms with E-state index in [2.05, 4.69) is 39.4 Å². The van der Waals surface area contributed by atoms with Gasteiger partial charge in [0, 0.05) is 115 Å². The van der Waals surface area contributed by atoms with Crippen molar-refractivity contribution in [3.63, 3.8) is 0 Å². The molecule has 0 aromatic heterocycles. The minimum absolute atomic E-state index is 0. The molecule has 0 saturated carbocycles. The van der Waals surface area contributed by atoms with Crippen LogP contribution in [0.1, 0.15) is 0 Å². The second kappa shape index (κ2) is 4910. The van der Waals surface area contributed by atoms with Gasteiger partial charge < -0.3 is 0 Å². The van der Waals surface area contributed by atoms with Crippen LogP contribution in [0.3, 0.4) is 0 Å². The van der Waals surface area contributed by atoms with Crippen molar-refractivity contribution in [3.05, 3.63) is 0 Å². The van der Waals surface area contributed by atoms with Crippen molar-refractivity contribution < 1.29 is 75.9 Å². The van der Waals surface area contributed by atoms with Crippen molar-refractivity contribution in [2.24, 2.45) is 0 Å². The first-order valence-corrected chi connectivity index (χ1v) is 1.55. The second-order valence-corrected chi connectivity index (χ2v) is 0. The molecule has 0 N–H and O–H groups in total. The Bertz CT molecular complexity index is 103. The molecule has 0 saturated heterocycles. The van der Waals surface area contributed by atoms with Gasteiger partial charge in [-0.05, 0) is 0 Å². The van der Waals surface area contributed by atoms with Crippen LogP contribution in [0.25, 0.3) is 0 Å². The standard InChI is InChI=1S/6CHN.Ce.Fe.Mn/c6*1-2;;;/h6*1H;;;. The van der Waals surface area contributed by atoms with Crippen LogP contribution in [-0.2, 0) is 34.1 Å². The summed E-state index contributed by atoms with van der Waals surface area (Å²) in [5.74, 6) is 0. The normalized spacial score (nSPS) is 0.800. The molecule has 0 aliphatic rings. The van der Waals surface area contributed by atoms with Crippen LogP contribution >= 0.6 is 0 Å². The van der Waals surface area contributed by atoms with Gasteiger partial charge in [-0.1, -0.05) is 0 Å². The van der Waals surface area contributed by atoms with Crippen molar-refractivity contribution in [2.45, 2.75) is 0 Å². The van der Waals surface area contributed by atoms with E-state index in [1.807, 2.05) is 0 Å². The summed E-state index contributed by atoms with van der Waals surface area (Å²) in [5.41, 5.74) is 0. The molecule has 0 aliphatic carbocycles. The summed E-state index contributed by atoms with van der Waals surface area (Å²) in [5, 5.41) is 39.0. The first-order valence-electron chi connectivity index (χ1n) is 1.55. The van der Waals surface area contributed by atoms with Crippen LogP contribution in [0.5, 0.6) is 0 Å². The fourth-order valence-electron chi connectivity index (χ4n) is 0. The van der Waals surface area contributed by atoms with Crippen molar-refractivity contribution in [2.75, 3.05) is 0 Å². The van der Waals surface area contributed by atoms with Crippen LogP contribution in [0.4, 0.5) is 0 Å². The molecular weight excluding hydrogens is 407 g/mol. The molecule has 15 heavy (non-hydrogen) atoms. The molecule has 0 aromatic rings. The van der Waals surface area contributed by atoms with Gasteiger partial charge in [0.2, 0.25) is 0 Å². The van der Waals surface area contributed by atoms with Gasteiger partial charge in [-0.3, -0.25) is 0 Å². The summed E-state index contributed by atoms with van der Waals surface area (Å²) < 4.78 is 0. The SMILES string of the molecule is C#N.C#N.C#N.C#N.C#N.C#N.[Ce].[Fe].[Mn]. The third kappa shape index (κ3) is 4150. The molecule has 1 radical (unpaired) electrons. The Morgan fingerprint density at radius 1 is 0.400 bits per heavy atom. The third-order valence-electron chi connectivity index (χ3n) is 0. The topological polar surface area (TPSA) is 143 Å². The smallest absolute Gasteiger partial charge is 0.0462 e. The molecule has 0 rings (SSSR count). The quantitative estimate of drug-likeness (QED) is 0.539. The van der Waals surface area contributed by atoms with Crippen molar-refractivity contribution >= 4 is 0 Å². The predicted octanol–water partition coefficient (Wildman–Crippen LogP) is 0.834. The van der Waals surface area contributed by atoms with E-state index in [1.165, 1.54) is 0 Å². The number of hydrogen-bond donors (Lipinski definition) is 0. The summed E-state index contributed by atoms with van der Waals surface area (Å²) in [4.78, 5) is 0. The molecule has 0 amide bonds. The maximum absolute atomic E-state index is 6.50. The number of hydrogen-bond acceptors (Lipinski definition) is 6. The molecule has 9 heteroatoms. The minimum Gasteiger partial charge on any atom is -0.202 e. The van der Waals surface area contributed by atoms with Crippen LogP contribution in [0.2, 0.25) is 0 Å². The largest absolute Gasteiger partial charge is 0.202 e. The summed E-state index contributed by atoms with van der Waals surface area (Å²) in [7, 11) is 0. The first-order chi connectivity index (χ1) is 6.00. The van der Waals surface area contributed by atoms with Gasteiger partial charge >= 0.3 is 0 Å². The maximum atomic E-state index is 6.50. The van der Waals surface area contributed by atoms with E-state index < -0.39 is 0 Å². The van der Waals surface area contributed by atoms with Gasteiger partial charge in [0.05, 0.1) is 0 Å². The van der Waals surface area contributed by atoms with E-state index in [-0.39, 0.29) is 75.9 Å². The monoisotopic (exact) mass is 413 g/mol. The Hall–Kier alpha value is -0.644. The van der Waals surface area contributed by atoms with E-state index in [0.717, 1.165) is 0 Å². The molecule has 79 valence electrons. The van der Waals surface area contributed by atoms with Gasteiger partial charge in [0.1, 0.15) is 0 Å². The van der Waals surface area contributed by atoms with Crippen molar-refractivity contribution in [1.29, 1.82) is 31.6 Å². The van der Waals surface area contributed by atoms with Gasteiger partial charge in [-0.2, -0.15) is 0 Å². The molecule has 0 fully saturated rings. The van der Waals surface area contributed by atoms with E-state index in [9.17, 15) is 0 Å².